The number of oxazole rings is 1. The van der Waals surface area contributed by atoms with Gasteiger partial charge in [0.1, 0.15) is 17.7 Å². The van der Waals surface area contributed by atoms with Crippen molar-refractivity contribution in [3.05, 3.63) is 36.2 Å². The number of amides is 2. The molecule has 132 valence electrons. The fraction of sp³-hybridized carbons (Fsp3) is 0.412. The minimum absolute atomic E-state index is 0.0989. The highest BCUT2D eigenvalue weighted by atomic mass is 16.3. The molecule has 0 aliphatic carbocycles. The molecule has 3 aromatic rings. The van der Waals surface area contributed by atoms with Crippen LogP contribution >= 0.6 is 0 Å². The van der Waals surface area contributed by atoms with E-state index in [0.717, 1.165) is 11.9 Å². The van der Waals surface area contributed by atoms with Gasteiger partial charge in [0.05, 0.1) is 6.54 Å². The molecule has 2 amide bonds. The van der Waals surface area contributed by atoms with Gasteiger partial charge in [-0.1, -0.05) is 20.8 Å². The molecule has 0 atom stereocenters. The van der Waals surface area contributed by atoms with Gasteiger partial charge in [-0.15, -0.1) is 0 Å². The van der Waals surface area contributed by atoms with Crippen LogP contribution in [0.5, 0.6) is 0 Å². The summed E-state index contributed by atoms with van der Waals surface area (Å²) in [7, 11) is 1.77. The number of nitrogens with zero attached hydrogens (tertiary/aromatic N) is 4. The molecule has 1 aromatic carbocycles. The zero-order valence-electron chi connectivity index (χ0n) is 14.8. The van der Waals surface area contributed by atoms with Gasteiger partial charge < -0.3 is 15.1 Å². The fourth-order valence-electron chi connectivity index (χ4n) is 2.40. The zero-order chi connectivity index (χ0) is 18.0. The van der Waals surface area contributed by atoms with Gasteiger partial charge in [-0.25, -0.2) is 14.8 Å². The van der Waals surface area contributed by atoms with E-state index in [9.17, 15) is 4.79 Å². The predicted molar refractivity (Wildman–Crippen MR) is 94.0 cm³/mol. The van der Waals surface area contributed by atoms with Gasteiger partial charge in [-0.3, -0.25) is 4.68 Å². The van der Waals surface area contributed by atoms with Crippen molar-refractivity contribution >= 4 is 22.8 Å². The summed E-state index contributed by atoms with van der Waals surface area (Å²) in [5.74, 6) is 1.38. The van der Waals surface area contributed by atoms with Crippen molar-refractivity contribution in [2.45, 2.75) is 33.7 Å². The number of carbonyl (C=O) groups is 1. The zero-order valence-corrected chi connectivity index (χ0v) is 14.8. The Labute approximate surface area is 145 Å². The van der Waals surface area contributed by atoms with Gasteiger partial charge in [0, 0.05) is 19.2 Å². The fourth-order valence-corrected chi connectivity index (χ4v) is 2.40. The van der Waals surface area contributed by atoms with Gasteiger partial charge in [0.2, 0.25) is 0 Å². The molecule has 0 saturated carbocycles. The lowest BCUT2D eigenvalue weighted by Crippen LogP contribution is -2.29. The molecule has 25 heavy (non-hydrogen) atoms. The summed E-state index contributed by atoms with van der Waals surface area (Å²) in [5, 5.41) is 9.48. The minimum atomic E-state index is -0.319. The van der Waals surface area contributed by atoms with E-state index in [1.54, 1.807) is 23.9 Å². The van der Waals surface area contributed by atoms with E-state index in [0.29, 0.717) is 29.5 Å². The quantitative estimate of drug-likeness (QED) is 0.760. The third kappa shape index (κ3) is 4.34. The summed E-state index contributed by atoms with van der Waals surface area (Å²) >= 11 is 0. The first kappa shape index (κ1) is 16.9. The number of rotatable bonds is 4. The summed E-state index contributed by atoms with van der Waals surface area (Å²) in [6, 6.07) is 5.08. The largest absolute Gasteiger partial charge is 0.441 e. The van der Waals surface area contributed by atoms with E-state index in [4.69, 9.17) is 4.42 Å². The summed E-state index contributed by atoms with van der Waals surface area (Å²) < 4.78 is 7.37. The number of benzene rings is 1. The molecular weight excluding hydrogens is 320 g/mol. The molecule has 0 aliphatic heterocycles. The first-order valence-electron chi connectivity index (χ1n) is 8.07. The van der Waals surface area contributed by atoms with E-state index in [1.165, 1.54) is 6.33 Å². The Hall–Kier alpha value is -2.90. The van der Waals surface area contributed by atoms with Crippen molar-refractivity contribution in [3.8, 4) is 0 Å². The van der Waals surface area contributed by atoms with Crippen molar-refractivity contribution in [2.75, 3.05) is 5.32 Å². The summed E-state index contributed by atoms with van der Waals surface area (Å²) in [4.78, 5) is 20.6. The number of nitrogens with one attached hydrogen (secondary N) is 2. The summed E-state index contributed by atoms with van der Waals surface area (Å²) in [5.41, 5.74) is 2.19. The molecule has 2 aromatic heterocycles. The van der Waals surface area contributed by atoms with Crippen molar-refractivity contribution in [1.82, 2.24) is 25.1 Å². The van der Waals surface area contributed by atoms with Crippen LogP contribution in [-0.4, -0.2) is 25.8 Å². The Bertz CT molecular complexity index is 890. The van der Waals surface area contributed by atoms with Crippen LogP contribution in [0.15, 0.2) is 28.9 Å². The van der Waals surface area contributed by atoms with E-state index >= 15 is 0 Å². The lowest BCUT2D eigenvalue weighted by molar-refractivity contribution is 0.251. The van der Waals surface area contributed by atoms with Crippen molar-refractivity contribution in [2.24, 2.45) is 12.5 Å². The second kappa shape index (κ2) is 6.54. The predicted octanol–water partition coefficient (Wildman–Crippen LogP) is 2.87. The number of carbonyl (C=O) groups excluding carboxylic acids is 1. The molecule has 2 N–H and O–H groups in total. The van der Waals surface area contributed by atoms with Crippen LogP contribution in [0.25, 0.3) is 11.1 Å². The maximum absolute atomic E-state index is 12.0. The van der Waals surface area contributed by atoms with Crippen LogP contribution in [0.3, 0.4) is 0 Å². The number of aryl methyl sites for hydroxylation is 1. The van der Waals surface area contributed by atoms with E-state index in [-0.39, 0.29) is 11.4 Å². The summed E-state index contributed by atoms with van der Waals surface area (Å²) in [6.45, 7) is 6.70. The van der Waals surface area contributed by atoms with Crippen LogP contribution < -0.4 is 10.6 Å². The number of hydrogen-bond acceptors (Lipinski definition) is 5. The Morgan fingerprint density at radius 1 is 1.32 bits per heavy atom. The minimum Gasteiger partial charge on any atom is -0.441 e. The van der Waals surface area contributed by atoms with Gasteiger partial charge in [0.25, 0.3) is 0 Å². The molecule has 0 spiro atoms. The van der Waals surface area contributed by atoms with Crippen molar-refractivity contribution in [1.29, 1.82) is 0 Å². The highest BCUT2D eigenvalue weighted by Gasteiger charge is 2.16. The smallest absolute Gasteiger partial charge is 0.319 e. The third-order valence-electron chi connectivity index (χ3n) is 3.58. The maximum Gasteiger partial charge on any atom is 0.319 e. The maximum atomic E-state index is 12.0. The molecule has 8 heteroatoms. The van der Waals surface area contributed by atoms with Gasteiger partial charge in [-0.2, -0.15) is 5.10 Å². The Kier molecular flexibility index (Phi) is 4.43. The van der Waals surface area contributed by atoms with E-state index in [2.05, 4.69) is 46.5 Å². The molecule has 0 saturated heterocycles. The SMILES string of the molecule is Cn1ncnc1CNC(=O)Nc1ccc2oc(CC(C)(C)C)nc2c1. The molecule has 0 bridgehead atoms. The lowest BCUT2D eigenvalue weighted by atomic mass is 9.92. The topological polar surface area (TPSA) is 97.9 Å². The van der Waals surface area contributed by atoms with E-state index in [1.807, 2.05) is 6.07 Å². The van der Waals surface area contributed by atoms with Crippen LogP contribution in [0.4, 0.5) is 10.5 Å². The molecule has 0 unspecified atom stereocenters. The van der Waals surface area contributed by atoms with Crippen molar-refractivity contribution in [3.63, 3.8) is 0 Å². The first-order chi connectivity index (χ1) is 11.8. The normalized spacial score (nSPS) is 11.7. The summed E-state index contributed by atoms with van der Waals surface area (Å²) in [6.07, 6.45) is 2.20. The van der Waals surface area contributed by atoms with Gasteiger partial charge in [0.15, 0.2) is 11.5 Å². The number of hydrogen-bond donors (Lipinski definition) is 2. The standard InChI is InChI=1S/C17H22N6O2/c1-17(2,3)8-15-22-12-7-11(5-6-13(12)25-15)21-16(24)18-9-14-19-10-20-23(14)4/h5-7,10H,8-9H2,1-4H3,(H2,18,21,24). The first-order valence-corrected chi connectivity index (χ1v) is 8.07. The number of fused-ring (bicyclic) bond motifs is 1. The Morgan fingerprint density at radius 3 is 2.80 bits per heavy atom. The molecule has 0 fully saturated rings. The average molecular weight is 342 g/mol. The Morgan fingerprint density at radius 2 is 2.12 bits per heavy atom. The Balaban J connectivity index is 1.65. The molecule has 0 radical (unpaired) electrons. The van der Waals surface area contributed by atoms with Gasteiger partial charge >= 0.3 is 6.03 Å². The van der Waals surface area contributed by atoms with Crippen LogP contribution in [0.1, 0.15) is 32.5 Å². The van der Waals surface area contributed by atoms with E-state index < -0.39 is 0 Å². The molecular formula is C17H22N6O2. The van der Waals surface area contributed by atoms with Crippen LogP contribution in [0.2, 0.25) is 0 Å². The molecule has 8 nitrogen and oxygen atoms in total. The van der Waals surface area contributed by atoms with Gasteiger partial charge in [-0.05, 0) is 23.6 Å². The molecule has 3 rings (SSSR count). The number of anilines is 1. The van der Waals surface area contributed by atoms with Crippen molar-refractivity contribution < 1.29 is 9.21 Å². The molecule has 2 heterocycles. The lowest BCUT2D eigenvalue weighted by Gasteiger charge is -2.14. The second-order valence-electron chi connectivity index (χ2n) is 7.14. The average Bonchev–Trinajstić information content (AvgIpc) is 3.08. The molecule has 0 aliphatic rings. The second-order valence-corrected chi connectivity index (χ2v) is 7.14. The van der Waals surface area contributed by atoms with Crippen LogP contribution in [0, 0.1) is 5.41 Å². The highest BCUT2D eigenvalue weighted by molar-refractivity contribution is 5.91. The third-order valence-corrected chi connectivity index (χ3v) is 3.58. The monoisotopic (exact) mass is 342 g/mol. The number of aromatic nitrogens is 4. The number of urea groups is 1. The highest BCUT2D eigenvalue weighted by Crippen LogP contribution is 2.25. The van der Waals surface area contributed by atoms with Crippen LogP contribution in [-0.2, 0) is 20.0 Å².